The van der Waals surface area contributed by atoms with E-state index in [9.17, 15) is 38.5 Å². The molecule has 0 spiro atoms. The molecule has 64 heavy (non-hydrogen) atoms. The van der Waals surface area contributed by atoms with E-state index in [0.717, 1.165) is 11.1 Å². The van der Waals surface area contributed by atoms with Crippen LogP contribution < -0.4 is 15.2 Å². The number of benzene rings is 4. The van der Waals surface area contributed by atoms with Gasteiger partial charge in [0.25, 0.3) is 11.8 Å². The second-order valence-electron chi connectivity index (χ2n) is 16.4. The molecule has 16 heteroatoms. The summed E-state index contributed by atoms with van der Waals surface area (Å²) < 4.78 is 44.5. The molecule has 4 aromatic carbocycles. The number of hydrogen-bond acceptors (Lipinski definition) is 10. The van der Waals surface area contributed by atoms with Crippen molar-refractivity contribution in [3.05, 3.63) is 128 Å². The van der Waals surface area contributed by atoms with Crippen molar-refractivity contribution in [1.29, 1.82) is 10.5 Å². The van der Waals surface area contributed by atoms with Gasteiger partial charge in [-0.1, -0.05) is 51.8 Å². The van der Waals surface area contributed by atoms with Crippen molar-refractivity contribution in [1.82, 2.24) is 9.80 Å². The highest BCUT2D eigenvalue weighted by Crippen LogP contribution is 2.40. The van der Waals surface area contributed by atoms with Crippen LogP contribution in [0.4, 0.5) is 8.78 Å². The molecule has 2 fully saturated rings. The van der Waals surface area contributed by atoms with E-state index in [2.05, 4.69) is 28.1 Å². The summed E-state index contributed by atoms with van der Waals surface area (Å²) in [5.41, 5.74) is 7.61. The Balaban J connectivity index is 1.00. The summed E-state index contributed by atoms with van der Waals surface area (Å²) >= 11 is 9.64. The van der Waals surface area contributed by atoms with Gasteiger partial charge in [0.05, 0.1) is 24.0 Å². The molecule has 2 aliphatic heterocycles. The summed E-state index contributed by atoms with van der Waals surface area (Å²) in [5, 5.41) is 19.5. The Morgan fingerprint density at radius 3 is 1.89 bits per heavy atom. The van der Waals surface area contributed by atoms with Crippen molar-refractivity contribution in [2.75, 3.05) is 39.4 Å². The maximum Gasteiger partial charge on any atom is 0.335 e. The quantitative estimate of drug-likeness (QED) is 0.0856. The molecule has 6 rings (SSSR count). The molecule has 0 saturated carbocycles. The Kier molecular flexibility index (Phi) is 16.1. The molecule has 1 atom stereocenters. The maximum atomic E-state index is 13.5. The predicted octanol–water partition coefficient (Wildman–Crippen LogP) is 7.98. The second kappa shape index (κ2) is 21.7. The van der Waals surface area contributed by atoms with Gasteiger partial charge in [-0.2, -0.15) is 10.5 Å². The van der Waals surface area contributed by atoms with Gasteiger partial charge in [0.2, 0.25) is 0 Å². The zero-order valence-corrected chi connectivity index (χ0v) is 37.3. The van der Waals surface area contributed by atoms with E-state index >= 15 is 0 Å². The van der Waals surface area contributed by atoms with Crippen LogP contribution in [0, 0.1) is 45.1 Å². The van der Waals surface area contributed by atoms with Crippen LogP contribution >= 0.6 is 27.5 Å². The first-order valence-electron chi connectivity index (χ1n) is 20.9. The monoisotopic (exact) mass is 957 g/mol. The highest BCUT2D eigenvalue weighted by molar-refractivity contribution is 9.10. The fraction of sp³-hybridized carbons (Fsp3) is 0.375. The standard InChI is InChI=1S/C48H47BrClF2N5O7/c49-35-6-12-40(62-29-42(58)56-20-15-47(16-21-56,14-1-19-53)27-32-2-8-37(51)9-3-32)34(24-35)25-44(60)64-46(61)45(55)39-26-36(50)7-13-41(39)63-30-43(59)57-22-17-48(31-54,18-23-57)28-33-4-10-38(52)11-5-33/h2-13,24,26,45H,1,14-18,20-23,25,27-30,55H2. The minimum atomic E-state index is -1.53. The van der Waals surface area contributed by atoms with Gasteiger partial charge in [0.15, 0.2) is 13.2 Å². The van der Waals surface area contributed by atoms with E-state index in [1.54, 1.807) is 52.3 Å². The molecule has 12 nitrogen and oxygen atoms in total. The highest BCUT2D eigenvalue weighted by Gasteiger charge is 2.38. The van der Waals surface area contributed by atoms with Crippen molar-refractivity contribution in [3.8, 4) is 23.6 Å². The molecular formula is C48H47BrClF2N5O7. The minimum absolute atomic E-state index is 0.0797. The molecular weight excluding hydrogens is 912 g/mol. The number of nitriles is 2. The number of nitrogens with zero attached hydrogens (tertiary/aromatic N) is 4. The first-order chi connectivity index (χ1) is 30.7. The molecule has 2 heterocycles. The van der Waals surface area contributed by atoms with Gasteiger partial charge in [-0.25, -0.2) is 13.6 Å². The number of hydrogen-bond donors (Lipinski definition) is 1. The van der Waals surface area contributed by atoms with Crippen LogP contribution in [0.1, 0.15) is 66.8 Å². The lowest BCUT2D eigenvalue weighted by Gasteiger charge is -2.42. The normalized spacial score (nSPS) is 15.9. The van der Waals surface area contributed by atoms with E-state index in [4.69, 9.17) is 31.5 Å². The third kappa shape index (κ3) is 12.6. The van der Waals surface area contributed by atoms with Gasteiger partial charge >= 0.3 is 11.9 Å². The van der Waals surface area contributed by atoms with Gasteiger partial charge < -0.3 is 29.7 Å². The van der Waals surface area contributed by atoms with E-state index in [0.29, 0.717) is 87.6 Å². The van der Waals surface area contributed by atoms with E-state index in [1.165, 1.54) is 42.5 Å². The maximum absolute atomic E-state index is 13.5. The summed E-state index contributed by atoms with van der Waals surface area (Å²) in [7, 11) is 0. The molecule has 2 saturated heterocycles. The molecule has 0 aliphatic carbocycles. The van der Waals surface area contributed by atoms with Crippen LogP contribution in [0.3, 0.4) is 0 Å². The van der Waals surface area contributed by atoms with E-state index < -0.39 is 36.4 Å². The van der Waals surface area contributed by atoms with Crippen LogP contribution in [0.15, 0.2) is 89.4 Å². The number of carbonyl (C=O) groups excluding carboxylic acids is 4. The summed E-state index contributed by atoms with van der Waals surface area (Å²) in [4.78, 5) is 56.4. The molecule has 2 amide bonds. The fourth-order valence-electron chi connectivity index (χ4n) is 8.28. The van der Waals surface area contributed by atoms with Crippen LogP contribution in [0.5, 0.6) is 11.5 Å². The largest absolute Gasteiger partial charge is 0.483 e. The number of piperidine rings is 2. The Labute approximate surface area is 383 Å². The lowest BCUT2D eigenvalue weighted by molar-refractivity contribution is -0.160. The molecule has 334 valence electrons. The van der Waals surface area contributed by atoms with Crippen LogP contribution in [-0.2, 0) is 43.2 Å². The number of rotatable bonds is 16. The Bertz CT molecular complexity index is 2410. The van der Waals surface area contributed by atoms with Gasteiger partial charge in [-0.15, -0.1) is 0 Å². The van der Waals surface area contributed by atoms with Crippen molar-refractivity contribution in [3.63, 3.8) is 0 Å². The smallest absolute Gasteiger partial charge is 0.335 e. The topological polar surface area (TPSA) is 176 Å². The number of ether oxygens (including phenoxy) is 3. The van der Waals surface area contributed by atoms with Gasteiger partial charge in [0, 0.05) is 53.2 Å². The number of esters is 2. The Hall–Kier alpha value is -5.87. The molecule has 2 aliphatic rings. The number of likely N-dealkylation sites (tertiary alicyclic amines) is 2. The first kappa shape index (κ1) is 47.6. The summed E-state index contributed by atoms with van der Waals surface area (Å²) in [6, 6.07) is 24.7. The van der Waals surface area contributed by atoms with Gasteiger partial charge in [-0.3, -0.25) is 14.4 Å². The summed E-state index contributed by atoms with van der Waals surface area (Å²) in [5.74, 6) is -3.02. The average molecular weight is 959 g/mol. The van der Waals surface area contributed by atoms with Crippen molar-refractivity contribution >= 4 is 51.3 Å². The molecule has 0 radical (unpaired) electrons. The SMILES string of the molecule is N#CCCC1(Cc2ccc(F)cc2)CCN(C(=O)COc2ccc(Br)cc2CC(=O)OC(=O)C(N)c2cc(Cl)ccc2OCC(=O)N2CCC(C#N)(Cc3ccc(F)cc3)CC2)CC1. The molecule has 4 aromatic rings. The van der Waals surface area contributed by atoms with E-state index in [-0.39, 0.29) is 57.6 Å². The fourth-order valence-corrected chi connectivity index (χ4v) is 8.87. The molecule has 1 unspecified atom stereocenters. The van der Waals surface area contributed by atoms with E-state index in [1.807, 2.05) is 0 Å². The van der Waals surface area contributed by atoms with Crippen molar-refractivity contribution in [2.24, 2.45) is 16.6 Å². The number of carbonyl (C=O) groups is 4. The zero-order chi connectivity index (χ0) is 45.9. The number of halogens is 4. The Morgan fingerprint density at radius 2 is 1.31 bits per heavy atom. The summed E-state index contributed by atoms with van der Waals surface area (Å²) in [6.07, 6.45) is 3.89. The number of amides is 2. The van der Waals surface area contributed by atoms with Gasteiger partial charge in [0.1, 0.15) is 29.2 Å². The lowest BCUT2D eigenvalue weighted by Crippen LogP contribution is -2.45. The highest BCUT2D eigenvalue weighted by atomic mass is 79.9. The molecule has 2 N–H and O–H groups in total. The van der Waals surface area contributed by atoms with Gasteiger partial charge in [-0.05, 0) is 122 Å². The third-order valence-electron chi connectivity index (χ3n) is 12.0. The Morgan fingerprint density at radius 1 is 0.766 bits per heavy atom. The van der Waals surface area contributed by atoms with Crippen LogP contribution in [-0.4, -0.2) is 72.9 Å². The zero-order valence-electron chi connectivity index (χ0n) is 35.0. The minimum Gasteiger partial charge on any atom is -0.483 e. The lowest BCUT2D eigenvalue weighted by atomic mass is 9.71. The van der Waals surface area contributed by atoms with Crippen LogP contribution in [0.25, 0.3) is 0 Å². The van der Waals surface area contributed by atoms with Crippen LogP contribution in [0.2, 0.25) is 5.02 Å². The number of nitrogens with two attached hydrogens (primary N) is 1. The van der Waals surface area contributed by atoms with Crippen molar-refractivity contribution < 1.29 is 42.2 Å². The second-order valence-corrected chi connectivity index (χ2v) is 17.7. The third-order valence-corrected chi connectivity index (χ3v) is 12.8. The summed E-state index contributed by atoms with van der Waals surface area (Å²) in [6.45, 7) is 0.812. The molecule has 0 bridgehead atoms. The average Bonchev–Trinajstić information content (AvgIpc) is 3.29. The molecule has 0 aromatic heterocycles. The predicted molar refractivity (Wildman–Crippen MR) is 235 cm³/mol. The first-order valence-corrected chi connectivity index (χ1v) is 22.0. The van der Waals surface area contributed by atoms with Crippen molar-refractivity contribution in [2.45, 2.75) is 63.8 Å².